The number of fused-ring (bicyclic) bond motifs is 1. The Hall–Kier alpha value is -2.19. The third kappa shape index (κ3) is 3.81. The molecule has 10 heteroatoms. The maximum atomic E-state index is 11.9. The number of hydrogen-bond donors (Lipinski definition) is 2. The summed E-state index contributed by atoms with van der Waals surface area (Å²) in [6.07, 6.45) is 0.244. The molecule has 0 radical (unpaired) electrons. The topological polar surface area (TPSA) is 103 Å². The molecule has 0 spiro atoms. The fraction of sp³-hybridized carbons (Fsp3) is 0.438. The molecule has 0 saturated heterocycles. The number of hydrogen-bond acceptors (Lipinski definition) is 6. The second-order valence-electron chi connectivity index (χ2n) is 6.15. The van der Waals surface area contributed by atoms with Gasteiger partial charge >= 0.3 is 12.0 Å². The van der Waals surface area contributed by atoms with Crippen LogP contribution in [0.15, 0.2) is 18.2 Å². The summed E-state index contributed by atoms with van der Waals surface area (Å²) in [6.45, 7) is 1.80. The van der Waals surface area contributed by atoms with Crippen LogP contribution in [0.1, 0.15) is 13.3 Å². The smallest absolute Gasteiger partial charge is 0.325 e. The predicted molar refractivity (Wildman–Crippen MR) is 92.7 cm³/mol. The van der Waals surface area contributed by atoms with E-state index >= 15 is 0 Å². The number of nitrogens with one attached hydrogen (secondary N) is 2. The molecule has 8 nitrogen and oxygen atoms in total. The highest BCUT2D eigenvalue weighted by molar-refractivity contribution is 6.53. The van der Waals surface area contributed by atoms with Gasteiger partial charge in [-0.3, -0.25) is 14.9 Å². The van der Waals surface area contributed by atoms with Crippen molar-refractivity contribution < 1.29 is 28.6 Å². The number of carbonyl (C=O) groups excluding carboxylic acids is 3. The van der Waals surface area contributed by atoms with Gasteiger partial charge in [0.25, 0.3) is 5.91 Å². The SMILES string of the molecule is C[C@@]1(C(=O)OCC(=O)NC(=O)Nc2ccc3c(c2)OCCO3)CC1(Cl)Cl. The first-order chi connectivity index (χ1) is 12.2. The molecule has 2 N–H and O–H groups in total. The number of anilines is 1. The summed E-state index contributed by atoms with van der Waals surface area (Å²) in [5.74, 6) is -0.400. The molecule has 0 unspecified atom stereocenters. The minimum Gasteiger partial charge on any atom is -0.486 e. The lowest BCUT2D eigenvalue weighted by Gasteiger charge is -2.19. The molecule has 1 aromatic rings. The van der Waals surface area contributed by atoms with Gasteiger partial charge in [-0.25, -0.2) is 4.79 Å². The molecule has 2 aliphatic rings. The Labute approximate surface area is 159 Å². The highest BCUT2D eigenvalue weighted by Crippen LogP contribution is 2.64. The van der Waals surface area contributed by atoms with Crippen LogP contribution in [-0.4, -0.2) is 42.1 Å². The van der Waals surface area contributed by atoms with E-state index in [1.54, 1.807) is 25.1 Å². The molecular formula is C16H16Cl2N2O6. The normalized spacial score (nSPS) is 22.1. The van der Waals surface area contributed by atoms with Crippen LogP contribution in [0.5, 0.6) is 11.5 Å². The predicted octanol–water partition coefficient (Wildman–Crippen LogP) is 2.23. The molecule has 1 aliphatic heterocycles. The van der Waals surface area contributed by atoms with E-state index in [2.05, 4.69) is 10.6 Å². The van der Waals surface area contributed by atoms with Gasteiger partial charge in [0.05, 0.1) is 0 Å². The quantitative estimate of drug-likeness (QED) is 0.591. The van der Waals surface area contributed by atoms with E-state index in [1.165, 1.54) is 0 Å². The van der Waals surface area contributed by atoms with Gasteiger partial charge in [0.1, 0.15) is 23.0 Å². The van der Waals surface area contributed by atoms with Gasteiger partial charge < -0.3 is 19.5 Å². The average molecular weight is 403 g/mol. The Bertz CT molecular complexity index is 769. The molecule has 0 aromatic heterocycles. The van der Waals surface area contributed by atoms with Crippen LogP contribution >= 0.6 is 23.2 Å². The Kier molecular flexibility index (Phi) is 4.90. The van der Waals surface area contributed by atoms with Crippen molar-refractivity contribution in [1.82, 2.24) is 5.32 Å². The molecule has 3 amide bonds. The largest absolute Gasteiger partial charge is 0.486 e. The number of esters is 1. The summed E-state index contributed by atoms with van der Waals surface area (Å²) in [6, 6.07) is 4.05. The zero-order chi connectivity index (χ0) is 18.9. The van der Waals surface area contributed by atoms with Crippen molar-refractivity contribution in [2.24, 2.45) is 5.41 Å². The Morgan fingerprint density at radius 2 is 1.85 bits per heavy atom. The molecular weight excluding hydrogens is 387 g/mol. The van der Waals surface area contributed by atoms with Crippen LogP contribution < -0.4 is 20.1 Å². The van der Waals surface area contributed by atoms with E-state index < -0.39 is 34.3 Å². The lowest BCUT2D eigenvalue weighted by atomic mass is 10.1. The fourth-order valence-corrected chi connectivity index (χ4v) is 3.05. The third-order valence-electron chi connectivity index (χ3n) is 4.10. The van der Waals surface area contributed by atoms with Gasteiger partial charge in [0, 0.05) is 18.2 Å². The van der Waals surface area contributed by atoms with Crippen molar-refractivity contribution in [3.8, 4) is 11.5 Å². The summed E-state index contributed by atoms with van der Waals surface area (Å²) < 4.78 is 14.4. The van der Waals surface area contributed by atoms with E-state index in [4.69, 9.17) is 37.4 Å². The van der Waals surface area contributed by atoms with Crippen molar-refractivity contribution in [3.05, 3.63) is 18.2 Å². The van der Waals surface area contributed by atoms with Crippen LogP contribution in [0, 0.1) is 5.41 Å². The number of benzene rings is 1. The van der Waals surface area contributed by atoms with Gasteiger partial charge in [-0.05, 0) is 19.1 Å². The summed E-state index contributed by atoms with van der Waals surface area (Å²) in [4.78, 5) is 35.4. The number of amides is 3. The zero-order valence-corrected chi connectivity index (χ0v) is 15.3. The van der Waals surface area contributed by atoms with Gasteiger partial charge in [-0.1, -0.05) is 0 Å². The van der Waals surface area contributed by atoms with E-state index in [0.29, 0.717) is 30.4 Å². The molecule has 1 atom stereocenters. The highest BCUT2D eigenvalue weighted by Gasteiger charge is 2.69. The second kappa shape index (κ2) is 6.85. The van der Waals surface area contributed by atoms with E-state index in [9.17, 15) is 14.4 Å². The zero-order valence-electron chi connectivity index (χ0n) is 13.8. The highest BCUT2D eigenvalue weighted by atomic mass is 35.5. The summed E-state index contributed by atoms with van der Waals surface area (Å²) in [5, 5.41) is 4.53. The molecule has 3 rings (SSSR count). The number of urea groups is 1. The summed E-state index contributed by atoms with van der Waals surface area (Å²) in [7, 11) is 0. The number of carbonyl (C=O) groups is 3. The van der Waals surface area contributed by atoms with Crippen molar-refractivity contribution in [3.63, 3.8) is 0 Å². The number of rotatable bonds is 4. The first-order valence-electron chi connectivity index (χ1n) is 7.77. The van der Waals surface area contributed by atoms with Crippen LogP contribution in [-0.2, 0) is 14.3 Å². The van der Waals surface area contributed by atoms with E-state index in [0.717, 1.165) is 0 Å². The Morgan fingerprint density at radius 1 is 1.19 bits per heavy atom. The molecule has 1 heterocycles. The van der Waals surface area contributed by atoms with Crippen LogP contribution in [0.3, 0.4) is 0 Å². The number of halogens is 2. The van der Waals surface area contributed by atoms with Crippen LogP contribution in [0.2, 0.25) is 0 Å². The summed E-state index contributed by atoms with van der Waals surface area (Å²) >= 11 is 11.7. The number of alkyl halides is 2. The van der Waals surface area contributed by atoms with Crippen molar-refractivity contribution in [1.29, 1.82) is 0 Å². The molecule has 26 heavy (non-hydrogen) atoms. The number of imide groups is 1. The first kappa shape index (κ1) is 18.6. The van der Waals surface area contributed by atoms with Gasteiger partial charge in [-0.2, -0.15) is 0 Å². The minimum atomic E-state index is -1.18. The number of ether oxygens (including phenoxy) is 3. The molecule has 1 fully saturated rings. The van der Waals surface area contributed by atoms with Crippen molar-refractivity contribution in [2.75, 3.05) is 25.1 Å². The third-order valence-corrected chi connectivity index (χ3v) is 5.20. The van der Waals surface area contributed by atoms with Crippen molar-refractivity contribution >= 4 is 46.8 Å². The minimum absolute atomic E-state index is 0.244. The second-order valence-corrected chi connectivity index (χ2v) is 7.63. The molecule has 140 valence electrons. The monoisotopic (exact) mass is 402 g/mol. The molecule has 1 saturated carbocycles. The molecule has 0 bridgehead atoms. The Morgan fingerprint density at radius 3 is 2.50 bits per heavy atom. The molecule has 1 aromatic carbocycles. The van der Waals surface area contributed by atoms with Crippen molar-refractivity contribution in [2.45, 2.75) is 17.7 Å². The first-order valence-corrected chi connectivity index (χ1v) is 8.52. The lowest BCUT2D eigenvalue weighted by molar-refractivity contribution is -0.153. The maximum absolute atomic E-state index is 11.9. The van der Waals surface area contributed by atoms with E-state index in [-0.39, 0.29) is 6.42 Å². The van der Waals surface area contributed by atoms with Crippen LogP contribution in [0.4, 0.5) is 10.5 Å². The standard InChI is InChI=1S/C16H16Cl2N2O6/c1-15(8-16(15,17)18)13(22)26-7-12(21)20-14(23)19-9-2-3-10-11(6-9)25-5-4-24-10/h2-3,6H,4-5,7-8H2,1H3,(H2,19,20,21,23)/t15-/m0/s1. The van der Waals surface area contributed by atoms with Gasteiger partial charge in [0.2, 0.25) is 0 Å². The van der Waals surface area contributed by atoms with Crippen LogP contribution in [0.25, 0.3) is 0 Å². The lowest BCUT2D eigenvalue weighted by Crippen LogP contribution is -2.38. The van der Waals surface area contributed by atoms with Gasteiger partial charge in [-0.15, -0.1) is 23.2 Å². The average Bonchev–Trinajstić information content (AvgIpc) is 3.11. The molecule has 1 aliphatic carbocycles. The van der Waals surface area contributed by atoms with E-state index in [1.807, 2.05) is 0 Å². The Balaban J connectivity index is 1.46. The maximum Gasteiger partial charge on any atom is 0.325 e. The fourth-order valence-electron chi connectivity index (χ4n) is 2.36. The van der Waals surface area contributed by atoms with Gasteiger partial charge in [0.15, 0.2) is 18.1 Å². The summed E-state index contributed by atoms with van der Waals surface area (Å²) in [5.41, 5.74) is -0.625.